The molecule has 4 heterocycles. The van der Waals surface area contributed by atoms with Crippen LogP contribution in [0.3, 0.4) is 0 Å². The maximum atomic E-state index is 6.71. The standard InChI is InChI=1S/C47H26N2OS/c1-3-14-32-29(11-1)30-12-2-4-15-33(30)42-41(32)35-16-5-8-18-37(35)48-45(42)27-21-23-28(24-22-27)49-38-26-25-34-31-13-7-10-20-40(31)51-46(34)44(38)43-36-17-6-9-19-39(36)50-47(43)49/h1-26H. The fourth-order valence-corrected chi connectivity index (χ4v) is 9.86. The zero-order chi connectivity index (χ0) is 33.2. The summed E-state index contributed by atoms with van der Waals surface area (Å²) in [6.07, 6.45) is 0. The molecule has 0 bridgehead atoms. The van der Waals surface area contributed by atoms with E-state index < -0.39 is 0 Å². The van der Waals surface area contributed by atoms with Crippen molar-refractivity contribution >= 4 is 108 Å². The Morgan fingerprint density at radius 1 is 0.451 bits per heavy atom. The molecule has 0 aliphatic carbocycles. The van der Waals surface area contributed by atoms with Gasteiger partial charge in [0, 0.05) is 58.4 Å². The zero-order valence-electron chi connectivity index (χ0n) is 27.2. The van der Waals surface area contributed by atoms with Crippen molar-refractivity contribution in [3.8, 4) is 16.9 Å². The second kappa shape index (κ2) is 10.0. The third kappa shape index (κ3) is 3.64. The first kappa shape index (κ1) is 27.3. The average Bonchev–Trinajstić information content (AvgIpc) is 3.86. The predicted octanol–water partition coefficient (Wildman–Crippen LogP) is 13.6. The van der Waals surface area contributed by atoms with Gasteiger partial charge in [-0.1, -0.05) is 121 Å². The summed E-state index contributed by atoms with van der Waals surface area (Å²) in [5, 5.41) is 14.7. The molecule has 0 aliphatic heterocycles. The largest absolute Gasteiger partial charge is 0.439 e. The molecule has 0 atom stereocenters. The molecule has 0 spiro atoms. The van der Waals surface area contributed by atoms with Crippen LogP contribution in [-0.4, -0.2) is 9.55 Å². The van der Waals surface area contributed by atoms with Crippen molar-refractivity contribution in [2.45, 2.75) is 0 Å². The van der Waals surface area contributed by atoms with Gasteiger partial charge in [0.05, 0.1) is 22.1 Å². The Bertz CT molecular complexity index is 3420. The van der Waals surface area contributed by atoms with E-state index in [-0.39, 0.29) is 0 Å². The topological polar surface area (TPSA) is 31.0 Å². The van der Waals surface area contributed by atoms with E-state index in [1.54, 1.807) is 0 Å². The van der Waals surface area contributed by atoms with E-state index >= 15 is 0 Å². The van der Waals surface area contributed by atoms with Crippen LogP contribution in [0.1, 0.15) is 0 Å². The number of rotatable bonds is 2. The highest BCUT2D eigenvalue weighted by Crippen LogP contribution is 2.47. The Kier molecular flexibility index (Phi) is 5.38. The maximum absolute atomic E-state index is 6.71. The van der Waals surface area contributed by atoms with Crippen LogP contribution in [0.2, 0.25) is 0 Å². The van der Waals surface area contributed by atoms with E-state index in [0.717, 1.165) is 44.7 Å². The summed E-state index contributed by atoms with van der Waals surface area (Å²) in [5.41, 5.74) is 7.05. The molecule has 0 unspecified atom stereocenters. The lowest BCUT2D eigenvalue weighted by atomic mass is 9.90. The SMILES string of the molecule is c1ccc2c(c1)nc(-c1ccc(-n3c4ccc5c6ccccc6sc5c4c4c5ccccc5oc43)cc1)c1c3ccccc3c3ccccc3c21. The molecular weight excluding hydrogens is 641 g/mol. The van der Waals surface area contributed by atoms with Crippen LogP contribution in [0.15, 0.2) is 162 Å². The molecule has 8 aromatic carbocycles. The lowest BCUT2D eigenvalue weighted by Gasteiger charge is -2.16. The number of hydrogen-bond donors (Lipinski definition) is 0. The number of hydrogen-bond acceptors (Lipinski definition) is 3. The monoisotopic (exact) mass is 666 g/mol. The van der Waals surface area contributed by atoms with Crippen molar-refractivity contribution in [1.82, 2.24) is 9.55 Å². The first-order chi connectivity index (χ1) is 25.3. The molecule has 0 N–H and O–H groups in total. The van der Waals surface area contributed by atoms with Crippen molar-refractivity contribution < 1.29 is 4.42 Å². The fraction of sp³-hybridized carbons (Fsp3) is 0. The molecule has 236 valence electrons. The van der Waals surface area contributed by atoms with E-state index in [2.05, 4.69) is 162 Å². The highest BCUT2D eigenvalue weighted by molar-refractivity contribution is 7.26. The van der Waals surface area contributed by atoms with Gasteiger partial charge in [0.15, 0.2) is 0 Å². The summed E-state index contributed by atoms with van der Waals surface area (Å²) in [6, 6.07) is 56.7. The van der Waals surface area contributed by atoms with E-state index in [0.29, 0.717) is 0 Å². The van der Waals surface area contributed by atoms with Gasteiger partial charge in [0.1, 0.15) is 5.58 Å². The van der Waals surface area contributed by atoms with Gasteiger partial charge in [-0.15, -0.1) is 11.3 Å². The van der Waals surface area contributed by atoms with E-state index in [1.165, 1.54) is 68.6 Å². The van der Waals surface area contributed by atoms with Crippen molar-refractivity contribution in [2.75, 3.05) is 0 Å². The van der Waals surface area contributed by atoms with Gasteiger partial charge in [0.25, 0.3) is 0 Å². The maximum Gasteiger partial charge on any atom is 0.213 e. The van der Waals surface area contributed by atoms with Gasteiger partial charge in [-0.25, -0.2) is 4.98 Å². The van der Waals surface area contributed by atoms with Gasteiger partial charge < -0.3 is 4.42 Å². The number of thiophene rings is 1. The minimum atomic E-state index is 0.871. The molecule has 0 radical (unpaired) electrons. The summed E-state index contributed by atoms with van der Waals surface area (Å²) in [5.74, 6) is 0. The Hall–Kier alpha value is -6.49. The lowest BCUT2D eigenvalue weighted by Crippen LogP contribution is -1.95. The van der Waals surface area contributed by atoms with E-state index in [4.69, 9.17) is 9.40 Å². The van der Waals surface area contributed by atoms with Crippen LogP contribution in [-0.2, 0) is 0 Å². The van der Waals surface area contributed by atoms with Crippen molar-refractivity contribution in [3.05, 3.63) is 158 Å². The van der Waals surface area contributed by atoms with E-state index in [1.807, 2.05) is 11.3 Å². The second-order valence-electron chi connectivity index (χ2n) is 13.4. The lowest BCUT2D eigenvalue weighted by molar-refractivity contribution is 0.645. The second-order valence-corrected chi connectivity index (χ2v) is 14.5. The summed E-state index contributed by atoms with van der Waals surface area (Å²) in [4.78, 5) is 5.38. The van der Waals surface area contributed by atoms with Gasteiger partial charge in [0.2, 0.25) is 5.71 Å². The zero-order valence-corrected chi connectivity index (χ0v) is 28.0. The normalized spacial score (nSPS) is 12.3. The van der Waals surface area contributed by atoms with E-state index in [9.17, 15) is 0 Å². The van der Waals surface area contributed by atoms with Crippen LogP contribution < -0.4 is 0 Å². The number of furan rings is 1. The van der Waals surface area contributed by atoms with Gasteiger partial charge in [-0.2, -0.15) is 0 Å². The van der Waals surface area contributed by atoms with Crippen molar-refractivity contribution in [3.63, 3.8) is 0 Å². The molecule has 51 heavy (non-hydrogen) atoms. The van der Waals surface area contributed by atoms with Crippen molar-refractivity contribution in [1.29, 1.82) is 0 Å². The van der Waals surface area contributed by atoms with Gasteiger partial charge >= 0.3 is 0 Å². The van der Waals surface area contributed by atoms with Gasteiger partial charge in [-0.05, 0) is 57.9 Å². The minimum Gasteiger partial charge on any atom is -0.439 e. The molecule has 12 rings (SSSR count). The number of pyridine rings is 1. The summed E-state index contributed by atoms with van der Waals surface area (Å²) in [7, 11) is 0. The highest BCUT2D eigenvalue weighted by Gasteiger charge is 2.23. The third-order valence-electron chi connectivity index (χ3n) is 10.8. The molecule has 0 aliphatic rings. The van der Waals surface area contributed by atoms with Crippen LogP contribution in [0.25, 0.3) is 113 Å². The number of nitrogens with zero attached hydrogens (tertiary/aromatic N) is 2. The number of fused-ring (bicyclic) bond motifs is 17. The molecule has 0 saturated carbocycles. The summed E-state index contributed by atoms with van der Waals surface area (Å²) in [6.45, 7) is 0. The molecule has 0 fully saturated rings. The van der Waals surface area contributed by atoms with Crippen LogP contribution in [0.5, 0.6) is 0 Å². The third-order valence-corrected chi connectivity index (χ3v) is 12.0. The summed E-state index contributed by atoms with van der Waals surface area (Å²) < 4.78 is 11.6. The first-order valence-electron chi connectivity index (χ1n) is 17.3. The van der Waals surface area contributed by atoms with Crippen LogP contribution in [0, 0.1) is 0 Å². The Balaban J connectivity index is 1.15. The Labute approximate surface area is 295 Å². The van der Waals surface area contributed by atoms with Crippen molar-refractivity contribution in [2.24, 2.45) is 0 Å². The minimum absolute atomic E-state index is 0.871. The molecule has 0 amide bonds. The number of benzene rings is 8. The molecule has 4 aromatic heterocycles. The number of aromatic nitrogens is 2. The Morgan fingerprint density at radius 3 is 1.86 bits per heavy atom. The fourth-order valence-electron chi connectivity index (χ4n) is 8.61. The average molecular weight is 667 g/mol. The molecule has 4 heteroatoms. The molecule has 12 aromatic rings. The van der Waals surface area contributed by atoms with Crippen LogP contribution >= 0.6 is 11.3 Å². The molecule has 0 saturated heterocycles. The predicted molar refractivity (Wildman–Crippen MR) is 217 cm³/mol. The highest BCUT2D eigenvalue weighted by atomic mass is 32.1. The first-order valence-corrected chi connectivity index (χ1v) is 18.1. The van der Waals surface area contributed by atoms with Gasteiger partial charge in [-0.3, -0.25) is 4.57 Å². The Morgan fingerprint density at radius 2 is 1.08 bits per heavy atom. The smallest absolute Gasteiger partial charge is 0.213 e. The molecular formula is C47H26N2OS. The summed E-state index contributed by atoms with van der Waals surface area (Å²) >= 11 is 1.87. The number of para-hydroxylation sites is 2. The van der Waals surface area contributed by atoms with Crippen LogP contribution in [0.4, 0.5) is 0 Å². The quantitative estimate of drug-likeness (QED) is 0.172. The molecule has 3 nitrogen and oxygen atoms in total.